The van der Waals surface area contributed by atoms with Crippen LogP contribution in [0.3, 0.4) is 0 Å². The lowest BCUT2D eigenvalue weighted by Crippen LogP contribution is -2.21. The van der Waals surface area contributed by atoms with E-state index in [0.717, 1.165) is 5.56 Å². The summed E-state index contributed by atoms with van der Waals surface area (Å²) in [5, 5.41) is 0.880. The molecule has 3 aromatic carbocycles. The molecule has 0 aliphatic rings. The van der Waals surface area contributed by atoms with Gasteiger partial charge >= 0.3 is 6.61 Å². The van der Waals surface area contributed by atoms with E-state index in [1.165, 1.54) is 40.6 Å². The first-order valence-electron chi connectivity index (χ1n) is 9.51. The molecule has 0 saturated carbocycles. The molecule has 2 N–H and O–H groups in total. The average Bonchev–Trinajstić information content (AvgIpc) is 2.78. The first-order chi connectivity index (χ1) is 15.4. The topological polar surface area (TPSA) is 87.2 Å². The molecular weight excluding hydrogens is 436 g/mol. The Morgan fingerprint density at radius 3 is 2.38 bits per heavy atom. The molecule has 0 saturated heterocycles. The Morgan fingerprint density at radius 1 is 1.03 bits per heavy atom. The number of thioether (sulfide) groups is 1. The van der Waals surface area contributed by atoms with Crippen molar-refractivity contribution >= 4 is 28.6 Å². The maximum atomic E-state index is 13.3. The summed E-state index contributed by atoms with van der Waals surface area (Å²) in [5.41, 5.74) is 7.35. The highest BCUT2D eigenvalue weighted by Crippen LogP contribution is 2.26. The minimum absolute atomic E-state index is 0.00529. The Bertz CT molecular complexity index is 1320. The number of hydrogen-bond donors (Lipinski definition) is 1. The minimum Gasteiger partial charge on any atom is -0.435 e. The third-order valence-corrected chi connectivity index (χ3v) is 5.68. The van der Waals surface area contributed by atoms with E-state index >= 15 is 0 Å². The van der Waals surface area contributed by atoms with Crippen LogP contribution in [-0.4, -0.2) is 22.1 Å². The first-order valence-corrected chi connectivity index (χ1v) is 10.5. The molecule has 162 valence electrons. The highest BCUT2D eigenvalue weighted by Gasteiger charge is 2.14. The van der Waals surface area contributed by atoms with Crippen molar-refractivity contribution in [3.63, 3.8) is 0 Å². The molecule has 0 atom stereocenters. The third-order valence-electron chi connectivity index (χ3n) is 4.67. The second-order valence-corrected chi connectivity index (χ2v) is 7.72. The number of halogens is 2. The molecule has 1 aromatic heterocycles. The molecule has 0 bridgehead atoms. The Kier molecular flexibility index (Phi) is 6.18. The van der Waals surface area contributed by atoms with Crippen LogP contribution in [0.1, 0.15) is 15.9 Å². The van der Waals surface area contributed by atoms with Gasteiger partial charge in [-0.15, -0.1) is 0 Å². The molecule has 4 rings (SSSR count). The number of rotatable bonds is 7. The van der Waals surface area contributed by atoms with Crippen LogP contribution >= 0.6 is 11.8 Å². The van der Waals surface area contributed by atoms with Gasteiger partial charge in [0.2, 0.25) is 5.91 Å². The van der Waals surface area contributed by atoms with E-state index in [9.17, 15) is 18.4 Å². The van der Waals surface area contributed by atoms with Crippen molar-refractivity contribution in [2.45, 2.75) is 17.5 Å². The van der Waals surface area contributed by atoms with Crippen molar-refractivity contribution in [3.05, 3.63) is 94.3 Å². The van der Waals surface area contributed by atoms with E-state index in [2.05, 4.69) is 9.72 Å². The van der Waals surface area contributed by atoms with Gasteiger partial charge in [-0.2, -0.15) is 8.78 Å². The normalized spacial score (nSPS) is 11.1. The van der Waals surface area contributed by atoms with Crippen LogP contribution in [-0.2, 0) is 5.75 Å². The van der Waals surface area contributed by atoms with E-state index in [1.54, 1.807) is 48.5 Å². The minimum atomic E-state index is -2.93. The maximum Gasteiger partial charge on any atom is 0.387 e. The first kappa shape index (κ1) is 21.5. The number of carbonyl (C=O) groups is 1. The van der Waals surface area contributed by atoms with Gasteiger partial charge in [0.25, 0.3) is 5.56 Å². The number of amides is 1. The number of nitrogens with zero attached hydrogens (tertiary/aromatic N) is 2. The molecule has 0 aliphatic carbocycles. The molecule has 0 fully saturated rings. The highest BCUT2D eigenvalue weighted by atomic mass is 32.2. The molecule has 1 amide bonds. The van der Waals surface area contributed by atoms with Gasteiger partial charge in [0.15, 0.2) is 5.16 Å². The Labute approximate surface area is 185 Å². The van der Waals surface area contributed by atoms with Crippen LogP contribution < -0.4 is 16.0 Å². The summed E-state index contributed by atoms with van der Waals surface area (Å²) in [5.74, 6) is -0.0288. The predicted molar refractivity (Wildman–Crippen MR) is 118 cm³/mol. The van der Waals surface area contributed by atoms with Crippen LogP contribution in [0, 0.1) is 0 Å². The van der Waals surface area contributed by atoms with E-state index < -0.39 is 12.5 Å². The Hall–Kier alpha value is -3.72. The molecule has 4 aromatic rings. The van der Waals surface area contributed by atoms with Crippen molar-refractivity contribution in [2.24, 2.45) is 5.73 Å². The van der Waals surface area contributed by atoms with Gasteiger partial charge in [-0.05, 0) is 54.1 Å². The van der Waals surface area contributed by atoms with E-state index in [4.69, 9.17) is 5.73 Å². The molecule has 0 aliphatic heterocycles. The van der Waals surface area contributed by atoms with Crippen molar-refractivity contribution < 1.29 is 18.3 Å². The smallest absolute Gasteiger partial charge is 0.387 e. The van der Waals surface area contributed by atoms with Crippen LogP contribution in [0.5, 0.6) is 5.75 Å². The fourth-order valence-corrected chi connectivity index (χ4v) is 4.10. The van der Waals surface area contributed by atoms with Crippen LogP contribution in [0.15, 0.2) is 82.7 Å². The summed E-state index contributed by atoms with van der Waals surface area (Å²) < 4.78 is 30.8. The molecule has 6 nitrogen and oxygen atoms in total. The average molecular weight is 453 g/mol. The number of hydrogen-bond acceptors (Lipinski definition) is 5. The van der Waals surface area contributed by atoms with Crippen LogP contribution in [0.2, 0.25) is 0 Å². The van der Waals surface area contributed by atoms with Gasteiger partial charge in [-0.1, -0.05) is 36.0 Å². The number of benzene rings is 3. The molecule has 1 heterocycles. The summed E-state index contributed by atoms with van der Waals surface area (Å²) in [6.07, 6.45) is 0. The number of fused-ring (bicyclic) bond motifs is 1. The van der Waals surface area contributed by atoms with Gasteiger partial charge in [-0.25, -0.2) is 4.98 Å². The monoisotopic (exact) mass is 453 g/mol. The predicted octanol–water partition coefficient (Wildman–Crippen LogP) is 4.38. The van der Waals surface area contributed by atoms with E-state index in [-0.39, 0.29) is 11.3 Å². The lowest BCUT2D eigenvalue weighted by atomic mass is 10.1. The molecule has 0 unspecified atom stereocenters. The second kappa shape index (κ2) is 9.19. The van der Waals surface area contributed by atoms with Crippen LogP contribution in [0.25, 0.3) is 16.6 Å². The summed E-state index contributed by atoms with van der Waals surface area (Å²) in [7, 11) is 0. The summed E-state index contributed by atoms with van der Waals surface area (Å²) >= 11 is 1.34. The Morgan fingerprint density at radius 2 is 1.72 bits per heavy atom. The number of alkyl halides is 2. The number of aromatic nitrogens is 2. The SMILES string of the molecule is NC(=O)c1ccc(CSc2nc3ccccc3c(=O)n2-c2ccc(OC(F)F)cc2)cc1. The fraction of sp³-hybridized carbons (Fsp3) is 0.0870. The summed E-state index contributed by atoms with van der Waals surface area (Å²) in [6.45, 7) is -2.93. The molecule has 32 heavy (non-hydrogen) atoms. The number of carbonyl (C=O) groups excluding carboxylic acids is 1. The molecular formula is C23H17F2N3O3S. The van der Waals surface area contributed by atoms with E-state index in [0.29, 0.717) is 33.1 Å². The van der Waals surface area contributed by atoms with Crippen molar-refractivity contribution in [1.82, 2.24) is 9.55 Å². The Balaban J connectivity index is 1.72. The number of ether oxygens (including phenoxy) is 1. The van der Waals surface area contributed by atoms with Crippen molar-refractivity contribution in [3.8, 4) is 11.4 Å². The second-order valence-electron chi connectivity index (χ2n) is 6.77. The zero-order chi connectivity index (χ0) is 22.7. The number of primary amides is 1. The van der Waals surface area contributed by atoms with Gasteiger partial charge in [0.1, 0.15) is 5.75 Å². The zero-order valence-electron chi connectivity index (χ0n) is 16.6. The van der Waals surface area contributed by atoms with Crippen molar-refractivity contribution in [1.29, 1.82) is 0 Å². The lowest BCUT2D eigenvalue weighted by molar-refractivity contribution is -0.0498. The fourth-order valence-electron chi connectivity index (χ4n) is 3.13. The standard InChI is InChI=1S/C23H17F2N3O3S/c24-22(25)31-17-11-9-16(10-12-17)28-21(30)18-3-1-2-4-19(18)27-23(28)32-13-14-5-7-15(8-6-14)20(26)29/h1-12,22H,13H2,(H2,26,29). The molecule has 0 spiro atoms. The number of nitrogens with two attached hydrogens (primary N) is 1. The molecule has 0 radical (unpaired) electrons. The summed E-state index contributed by atoms with van der Waals surface area (Å²) in [6, 6.07) is 19.7. The quantitative estimate of drug-likeness (QED) is 0.332. The maximum absolute atomic E-state index is 13.3. The van der Waals surface area contributed by atoms with Gasteiger partial charge in [0, 0.05) is 11.3 Å². The number of para-hydroxylation sites is 1. The molecule has 9 heteroatoms. The third kappa shape index (κ3) is 4.62. The van der Waals surface area contributed by atoms with Gasteiger partial charge in [0.05, 0.1) is 16.6 Å². The highest BCUT2D eigenvalue weighted by molar-refractivity contribution is 7.98. The van der Waals surface area contributed by atoms with Gasteiger partial charge < -0.3 is 10.5 Å². The van der Waals surface area contributed by atoms with Crippen molar-refractivity contribution in [2.75, 3.05) is 0 Å². The van der Waals surface area contributed by atoms with E-state index in [1.807, 2.05) is 0 Å². The van der Waals surface area contributed by atoms with Crippen LogP contribution in [0.4, 0.5) is 8.78 Å². The largest absolute Gasteiger partial charge is 0.435 e. The zero-order valence-corrected chi connectivity index (χ0v) is 17.4. The summed E-state index contributed by atoms with van der Waals surface area (Å²) in [4.78, 5) is 29.2. The lowest BCUT2D eigenvalue weighted by Gasteiger charge is -2.14. The van der Waals surface area contributed by atoms with Gasteiger partial charge in [-0.3, -0.25) is 14.2 Å².